The fourth-order valence-electron chi connectivity index (χ4n) is 2.39. The molecule has 4 nitrogen and oxygen atoms in total. The van der Waals surface area contributed by atoms with Crippen LogP contribution in [0.1, 0.15) is 18.4 Å². The van der Waals surface area contributed by atoms with Gasteiger partial charge in [-0.3, -0.25) is 4.79 Å². The number of carbonyl (C=O) groups excluding carboxylic acids is 1. The first-order valence-corrected chi connectivity index (χ1v) is 7.80. The molecule has 0 aromatic heterocycles. The molecule has 0 bridgehead atoms. The van der Waals surface area contributed by atoms with Crippen molar-refractivity contribution < 1.29 is 18.0 Å². The summed E-state index contributed by atoms with van der Waals surface area (Å²) in [6, 6.07) is 13.1. The van der Waals surface area contributed by atoms with Crippen molar-refractivity contribution in [1.29, 1.82) is 0 Å². The van der Waals surface area contributed by atoms with Gasteiger partial charge in [0, 0.05) is 37.1 Å². The molecular weight excluding hydrogens is 331 g/mol. The van der Waals surface area contributed by atoms with E-state index in [1.165, 1.54) is 6.07 Å². The zero-order valence-corrected chi connectivity index (χ0v) is 13.8. The van der Waals surface area contributed by atoms with Crippen molar-refractivity contribution in [3.8, 4) is 0 Å². The minimum atomic E-state index is -4.55. The number of nitrogen functional groups attached to an aromatic ring is 1. The lowest BCUT2D eigenvalue weighted by Gasteiger charge is -2.19. The van der Waals surface area contributed by atoms with E-state index >= 15 is 0 Å². The summed E-state index contributed by atoms with van der Waals surface area (Å²) in [5.41, 5.74) is 5.15. The highest BCUT2D eigenvalue weighted by molar-refractivity contribution is 5.91. The predicted molar refractivity (Wildman–Crippen MR) is 93.4 cm³/mol. The van der Waals surface area contributed by atoms with Crippen molar-refractivity contribution in [3.63, 3.8) is 0 Å². The maximum atomic E-state index is 12.8. The van der Waals surface area contributed by atoms with Crippen LogP contribution in [0.5, 0.6) is 0 Å². The van der Waals surface area contributed by atoms with Gasteiger partial charge in [0.05, 0.1) is 5.56 Å². The van der Waals surface area contributed by atoms with E-state index in [1.54, 1.807) is 0 Å². The second-order valence-corrected chi connectivity index (χ2v) is 5.71. The highest BCUT2D eigenvalue weighted by Gasteiger charge is 2.33. The molecular formula is C18H20F3N3O. The molecule has 0 aliphatic carbocycles. The van der Waals surface area contributed by atoms with Gasteiger partial charge >= 0.3 is 6.18 Å². The number of anilines is 3. The summed E-state index contributed by atoms with van der Waals surface area (Å²) in [4.78, 5) is 13.9. The van der Waals surface area contributed by atoms with Gasteiger partial charge in [0.25, 0.3) is 0 Å². The Morgan fingerprint density at radius 2 is 1.84 bits per heavy atom. The van der Waals surface area contributed by atoms with E-state index in [-0.39, 0.29) is 23.7 Å². The SMILES string of the molecule is CN(CCCC(=O)Nc1ccc(N)c(C(F)(F)F)c1)c1ccccc1. The van der Waals surface area contributed by atoms with Gasteiger partial charge in [0.2, 0.25) is 5.91 Å². The second kappa shape index (κ2) is 7.92. The third-order valence-electron chi connectivity index (χ3n) is 3.74. The Labute approximate surface area is 144 Å². The van der Waals surface area contributed by atoms with Crippen LogP contribution in [0.25, 0.3) is 0 Å². The fourth-order valence-corrected chi connectivity index (χ4v) is 2.39. The number of rotatable bonds is 6. The average molecular weight is 351 g/mol. The molecule has 2 aromatic rings. The first-order valence-electron chi connectivity index (χ1n) is 7.80. The predicted octanol–water partition coefficient (Wildman–Crippen LogP) is 4.14. The first kappa shape index (κ1) is 18.6. The lowest BCUT2D eigenvalue weighted by atomic mass is 10.1. The third kappa shape index (κ3) is 5.41. The minimum Gasteiger partial charge on any atom is -0.398 e. The van der Waals surface area contributed by atoms with Crippen LogP contribution in [0.4, 0.5) is 30.2 Å². The summed E-state index contributed by atoms with van der Waals surface area (Å²) < 4.78 is 38.5. The number of amides is 1. The molecule has 0 radical (unpaired) electrons. The van der Waals surface area contributed by atoms with E-state index in [2.05, 4.69) is 5.32 Å². The number of hydrogen-bond donors (Lipinski definition) is 2. The first-order chi connectivity index (χ1) is 11.8. The monoisotopic (exact) mass is 351 g/mol. The molecule has 0 atom stereocenters. The smallest absolute Gasteiger partial charge is 0.398 e. The molecule has 7 heteroatoms. The molecule has 3 N–H and O–H groups in total. The summed E-state index contributed by atoms with van der Waals surface area (Å²) >= 11 is 0. The molecule has 134 valence electrons. The van der Waals surface area contributed by atoms with Crippen LogP contribution >= 0.6 is 0 Å². The zero-order valence-electron chi connectivity index (χ0n) is 13.8. The summed E-state index contributed by atoms with van der Waals surface area (Å²) in [7, 11) is 1.92. The van der Waals surface area contributed by atoms with Crippen molar-refractivity contribution in [2.45, 2.75) is 19.0 Å². The van der Waals surface area contributed by atoms with Gasteiger partial charge < -0.3 is 16.0 Å². The summed E-state index contributed by atoms with van der Waals surface area (Å²) in [5.74, 6) is -0.334. The molecule has 1 amide bonds. The number of alkyl halides is 3. The molecule has 0 aliphatic rings. The van der Waals surface area contributed by atoms with Crippen molar-refractivity contribution in [3.05, 3.63) is 54.1 Å². The molecule has 0 unspecified atom stereocenters. The van der Waals surface area contributed by atoms with Crippen molar-refractivity contribution in [1.82, 2.24) is 0 Å². The van der Waals surface area contributed by atoms with Gasteiger partial charge in [-0.25, -0.2) is 0 Å². The molecule has 0 aliphatic heterocycles. The van der Waals surface area contributed by atoms with Crippen LogP contribution in [-0.2, 0) is 11.0 Å². The highest BCUT2D eigenvalue weighted by Crippen LogP contribution is 2.35. The maximum absolute atomic E-state index is 12.8. The Bertz CT molecular complexity index is 717. The number of nitrogens with two attached hydrogens (primary N) is 1. The Morgan fingerprint density at radius 1 is 1.16 bits per heavy atom. The Balaban J connectivity index is 1.86. The van der Waals surface area contributed by atoms with E-state index in [1.807, 2.05) is 42.3 Å². The molecule has 0 fully saturated rings. The number of halogens is 3. The van der Waals surface area contributed by atoms with Crippen molar-refractivity contribution >= 4 is 23.0 Å². The molecule has 2 aromatic carbocycles. The lowest BCUT2D eigenvalue weighted by molar-refractivity contribution is -0.136. The highest BCUT2D eigenvalue weighted by atomic mass is 19.4. The molecule has 2 rings (SSSR count). The quantitative estimate of drug-likeness (QED) is 0.769. The van der Waals surface area contributed by atoms with Crippen LogP contribution in [-0.4, -0.2) is 19.5 Å². The van der Waals surface area contributed by atoms with Crippen LogP contribution in [0.15, 0.2) is 48.5 Å². The van der Waals surface area contributed by atoms with Crippen LogP contribution < -0.4 is 16.0 Å². The Morgan fingerprint density at radius 3 is 2.48 bits per heavy atom. The lowest BCUT2D eigenvalue weighted by Crippen LogP contribution is -2.20. The summed E-state index contributed by atoms with van der Waals surface area (Å²) in [5, 5.41) is 2.48. The largest absolute Gasteiger partial charge is 0.418 e. The number of nitrogens with one attached hydrogen (secondary N) is 1. The van der Waals surface area contributed by atoms with Gasteiger partial charge in [0.15, 0.2) is 0 Å². The fraction of sp³-hybridized carbons (Fsp3) is 0.278. The maximum Gasteiger partial charge on any atom is 0.418 e. The van der Waals surface area contributed by atoms with Crippen molar-refractivity contribution in [2.24, 2.45) is 0 Å². The van der Waals surface area contributed by atoms with Crippen LogP contribution in [0.3, 0.4) is 0 Å². The van der Waals surface area contributed by atoms with Crippen molar-refractivity contribution in [2.75, 3.05) is 29.5 Å². The number of para-hydroxylation sites is 1. The van der Waals surface area contributed by atoms with Gasteiger partial charge in [0.1, 0.15) is 0 Å². The van der Waals surface area contributed by atoms with E-state index < -0.39 is 11.7 Å². The summed E-state index contributed by atoms with van der Waals surface area (Å²) in [6.07, 6.45) is -3.76. The normalized spacial score (nSPS) is 11.2. The molecule has 0 spiro atoms. The Kier molecular flexibility index (Phi) is 5.90. The molecule has 25 heavy (non-hydrogen) atoms. The van der Waals surface area contributed by atoms with E-state index in [0.717, 1.165) is 17.8 Å². The van der Waals surface area contributed by atoms with E-state index in [9.17, 15) is 18.0 Å². The third-order valence-corrected chi connectivity index (χ3v) is 3.74. The number of carbonyl (C=O) groups is 1. The minimum absolute atomic E-state index is 0.0861. The zero-order chi connectivity index (χ0) is 18.4. The van der Waals surface area contributed by atoms with E-state index in [4.69, 9.17) is 5.73 Å². The average Bonchev–Trinajstić information content (AvgIpc) is 2.56. The van der Waals surface area contributed by atoms with Gasteiger partial charge in [-0.1, -0.05) is 18.2 Å². The van der Waals surface area contributed by atoms with Crippen LogP contribution in [0.2, 0.25) is 0 Å². The molecule has 0 saturated heterocycles. The van der Waals surface area contributed by atoms with Gasteiger partial charge in [-0.05, 0) is 36.8 Å². The Hall–Kier alpha value is -2.70. The summed E-state index contributed by atoms with van der Waals surface area (Å²) in [6.45, 7) is 0.660. The van der Waals surface area contributed by atoms with Crippen LogP contribution in [0, 0.1) is 0 Å². The number of benzene rings is 2. The van der Waals surface area contributed by atoms with Gasteiger partial charge in [-0.15, -0.1) is 0 Å². The van der Waals surface area contributed by atoms with E-state index in [0.29, 0.717) is 13.0 Å². The standard InChI is InChI=1S/C18H20F3N3O/c1-24(14-6-3-2-4-7-14)11-5-8-17(25)23-13-9-10-16(22)15(12-13)18(19,20)21/h2-4,6-7,9-10,12H,5,8,11,22H2,1H3,(H,23,25). The van der Waals surface area contributed by atoms with Gasteiger partial charge in [-0.2, -0.15) is 13.2 Å². The second-order valence-electron chi connectivity index (χ2n) is 5.71. The number of nitrogens with zero attached hydrogens (tertiary/aromatic N) is 1. The molecule has 0 saturated carbocycles. The topological polar surface area (TPSA) is 58.4 Å². The molecule has 0 heterocycles. The number of hydrogen-bond acceptors (Lipinski definition) is 3.